The molecule has 2 unspecified atom stereocenters. The number of benzene rings is 5. The molecule has 0 amide bonds. The van der Waals surface area contributed by atoms with Crippen LogP contribution in [0, 0.1) is 5.92 Å². The van der Waals surface area contributed by atoms with E-state index in [0.29, 0.717) is 11.8 Å². The molecule has 8 rings (SSSR count). The fraction of sp³-hybridized carbons (Fsp3) is 0.0952. The molecule has 0 radical (unpaired) electrons. The van der Waals surface area contributed by atoms with E-state index in [9.17, 15) is 0 Å². The molecular weight excluding hydrogens is 504 g/mol. The highest BCUT2D eigenvalue weighted by Crippen LogP contribution is 2.46. The summed E-state index contributed by atoms with van der Waals surface area (Å²) in [5.74, 6) is 0.798. The lowest BCUT2D eigenvalue weighted by molar-refractivity contribution is 0.781. The van der Waals surface area contributed by atoms with Crippen LogP contribution in [0.5, 0.6) is 0 Å². The zero-order valence-electron chi connectivity index (χ0n) is 23.6. The van der Waals surface area contributed by atoms with Crippen LogP contribution in [0.2, 0.25) is 0 Å². The van der Waals surface area contributed by atoms with E-state index in [4.69, 9.17) is 0 Å². The third-order valence-corrected chi connectivity index (χ3v) is 9.10. The van der Waals surface area contributed by atoms with Gasteiger partial charge < -0.3 is 0 Å². The average Bonchev–Trinajstić information content (AvgIpc) is 3.07. The fourth-order valence-corrected chi connectivity index (χ4v) is 7.10. The molecule has 42 heavy (non-hydrogen) atoms. The zero-order chi connectivity index (χ0) is 27.9. The van der Waals surface area contributed by atoms with Crippen molar-refractivity contribution in [2.24, 2.45) is 5.92 Å². The highest BCUT2D eigenvalue weighted by molar-refractivity contribution is 6.17. The van der Waals surface area contributed by atoms with Crippen molar-refractivity contribution in [3.63, 3.8) is 0 Å². The molecule has 200 valence electrons. The van der Waals surface area contributed by atoms with Crippen LogP contribution in [-0.4, -0.2) is 0 Å². The van der Waals surface area contributed by atoms with Crippen molar-refractivity contribution in [2.45, 2.75) is 18.8 Å². The number of allylic oxidation sites excluding steroid dienone is 12. The molecule has 5 aromatic carbocycles. The monoisotopic (exact) mass is 536 g/mol. The molecule has 0 saturated carbocycles. The number of hydrogen-bond donors (Lipinski definition) is 0. The fourth-order valence-electron chi connectivity index (χ4n) is 7.10. The third-order valence-electron chi connectivity index (χ3n) is 9.10. The summed E-state index contributed by atoms with van der Waals surface area (Å²) in [7, 11) is 0. The Balaban J connectivity index is 1.38. The van der Waals surface area contributed by atoms with Gasteiger partial charge in [-0.3, -0.25) is 0 Å². The Hall–Kier alpha value is -4.94. The van der Waals surface area contributed by atoms with E-state index in [0.717, 1.165) is 12.8 Å². The molecule has 0 spiro atoms. The van der Waals surface area contributed by atoms with Crippen LogP contribution in [0.25, 0.3) is 38.3 Å². The Kier molecular flexibility index (Phi) is 6.19. The van der Waals surface area contributed by atoms with E-state index in [1.165, 1.54) is 66.1 Å². The molecule has 0 aliphatic heterocycles. The van der Waals surface area contributed by atoms with Crippen LogP contribution in [0.3, 0.4) is 0 Å². The van der Waals surface area contributed by atoms with Gasteiger partial charge in [0.25, 0.3) is 0 Å². The minimum atomic E-state index is 0.311. The van der Waals surface area contributed by atoms with Gasteiger partial charge >= 0.3 is 0 Å². The van der Waals surface area contributed by atoms with Crippen molar-refractivity contribution < 1.29 is 0 Å². The molecule has 3 aliphatic carbocycles. The quantitative estimate of drug-likeness (QED) is 0.200. The van der Waals surface area contributed by atoms with Crippen molar-refractivity contribution in [2.75, 3.05) is 0 Å². The second-order valence-corrected chi connectivity index (χ2v) is 11.6. The van der Waals surface area contributed by atoms with E-state index < -0.39 is 0 Å². The summed E-state index contributed by atoms with van der Waals surface area (Å²) in [6.45, 7) is 0. The van der Waals surface area contributed by atoms with Gasteiger partial charge in [0.05, 0.1) is 0 Å². The Morgan fingerprint density at radius 1 is 0.548 bits per heavy atom. The molecule has 0 nitrogen and oxygen atoms in total. The standard InChI is InChI=1S/C42H32/c1-3-13-29(14-4-1)34-26-35(30-15-5-2-6-16-30)28-36(27-34)42-39-21-11-9-19-37(39)41(38-20-10-12-22-40(38)42)33-24-23-31-17-7-8-18-32(31)25-33/h1-16,18-27,31,35H,17,28H2. The summed E-state index contributed by atoms with van der Waals surface area (Å²) in [6.07, 6.45) is 20.9. The summed E-state index contributed by atoms with van der Waals surface area (Å²) < 4.78 is 0. The van der Waals surface area contributed by atoms with Crippen LogP contribution < -0.4 is 0 Å². The van der Waals surface area contributed by atoms with Crippen LogP contribution in [-0.2, 0) is 0 Å². The summed E-state index contributed by atoms with van der Waals surface area (Å²) in [5, 5.41) is 5.29. The van der Waals surface area contributed by atoms with Gasteiger partial charge in [-0.05, 0) is 78.9 Å². The van der Waals surface area contributed by atoms with Crippen LogP contribution >= 0.6 is 0 Å². The number of hydrogen-bond acceptors (Lipinski definition) is 0. The summed E-state index contributed by atoms with van der Waals surface area (Å²) in [4.78, 5) is 0. The summed E-state index contributed by atoms with van der Waals surface area (Å²) >= 11 is 0. The maximum absolute atomic E-state index is 2.47. The van der Waals surface area contributed by atoms with E-state index in [1.807, 2.05) is 0 Å². The van der Waals surface area contributed by atoms with Gasteiger partial charge in [0, 0.05) is 11.8 Å². The Morgan fingerprint density at radius 2 is 1.17 bits per heavy atom. The molecule has 0 heterocycles. The highest BCUT2D eigenvalue weighted by atomic mass is 14.3. The topological polar surface area (TPSA) is 0 Å². The van der Waals surface area contributed by atoms with E-state index in [1.54, 1.807) is 0 Å². The number of rotatable bonds is 4. The first-order valence-electron chi connectivity index (χ1n) is 15.1. The largest absolute Gasteiger partial charge is 0.0836 e. The molecule has 0 saturated heterocycles. The van der Waals surface area contributed by atoms with Gasteiger partial charge in [0.2, 0.25) is 0 Å². The minimum absolute atomic E-state index is 0.311. The molecule has 0 aromatic heterocycles. The molecule has 2 atom stereocenters. The Bertz CT molecular complexity index is 1950. The predicted molar refractivity (Wildman–Crippen MR) is 180 cm³/mol. The normalized spacial score (nSPS) is 19.6. The molecule has 0 fully saturated rings. The maximum atomic E-state index is 2.47. The molecular formula is C42H32. The Labute approximate surface area is 248 Å². The Morgan fingerprint density at radius 3 is 1.86 bits per heavy atom. The van der Waals surface area contributed by atoms with Crippen LogP contribution in [0.4, 0.5) is 0 Å². The zero-order valence-corrected chi connectivity index (χ0v) is 23.6. The van der Waals surface area contributed by atoms with E-state index >= 15 is 0 Å². The first kappa shape index (κ1) is 24.8. The van der Waals surface area contributed by atoms with Gasteiger partial charge in [0.15, 0.2) is 0 Å². The molecule has 5 aromatic rings. The lowest BCUT2D eigenvalue weighted by Crippen LogP contribution is -2.07. The molecule has 0 bridgehead atoms. The molecule has 3 aliphatic rings. The van der Waals surface area contributed by atoms with E-state index in [-0.39, 0.29) is 0 Å². The predicted octanol–water partition coefficient (Wildman–Crippen LogP) is 11.1. The van der Waals surface area contributed by atoms with Gasteiger partial charge in [-0.2, -0.15) is 0 Å². The third kappa shape index (κ3) is 4.32. The van der Waals surface area contributed by atoms with E-state index in [2.05, 4.69) is 158 Å². The SMILES string of the molecule is C1=CCC2C=CC(c3c4ccccc4c(C4=CC(c5ccccc5)=CC(c5ccccc5)C4)c4ccccc34)=CC2=C1. The van der Waals surface area contributed by atoms with Gasteiger partial charge in [0.1, 0.15) is 0 Å². The molecule has 0 N–H and O–H groups in total. The first-order chi connectivity index (χ1) is 20.8. The van der Waals surface area contributed by atoms with Gasteiger partial charge in [-0.1, -0.05) is 158 Å². The lowest BCUT2D eigenvalue weighted by atomic mass is 9.77. The average molecular weight is 537 g/mol. The first-order valence-corrected chi connectivity index (χ1v) is 15.1. The summed E-state index contributed by atoms with van der Waals surface area (Å²) in [6, 6.07) is 39.9. The smallest absolute Gasteiger partial charge is 0.00678 e. The second-order valence-electron chi connectivity index (χ2n) is 11.6. The van der Waals surface area contributed by atoms with Crippen molar-refractivity contribution in [3.05, 3.63) is 186 Å². The van der Waals surface area contributed by atoms with Crippen molar-refractivity contribution in [1.29, 1.82) is 0 Å². The van der Waals surface area contributed by atoms with Crippen molar-refractivity contribution in [3.8, 4) is 0 Å². The van der Waals surface area contributed by atoms with Crippen molar-refractivity contribution >= 4 is 38.3 Å². The molecule has 0 heteroatoms. The van der Waals surface area contributed by atoms with Crippen molar-refractivity contribution in [1.82, 2.24) is 0 Å². The van der Waals surface area contributed by atoms with Gasteiger partial charge in [-0.25, -0.2) is 0 Å². The summed E-state index contributed by atoms with van der Waals surface area (Å²) in [5.41, 5.74) is 10.7. The highest BCUT2D eigenvalue weighted by Gasteiger charge is 2.25. The minimum Gasteiger partial charge on any atom is -0.0836 e. The second kappa shape index (κ2) is 10.5. The lowest BCUT2D eigenvalue weighted by Gasteiger charge is -2.27. The van der Waals surface area contributed by atoms with Crippen LogP contribution in [0.1, 0.15) is 41.0 Å². The van der Waals surface area contributed by atoms with Gasteiger partial charge in [-0.15, -0.1) is 0 Å². The van der Waals surface area contributed by atoms with Crippen LogP contribution in [0.15, 0.2) is 163 Å². The number of fused-ring (bicyclic) bond motifs is 3. The maximum Gasteiger partial charge on any atom is 0.00678 e.